The van der Waals surface area contributed by atoms with Crippen LogP contribution < -0.4 is 19.5 Å². The molecule has 1 heterocycles. The lowest BCUT2D eigenvalue weighted by Crippen LogP contribution is -2.14. The van der Waals surface area contributed by atoms with Crippen molar-refractivity contribution >= 4 is 33.5 Å². The number of para-hydroxylation sites is 1. The van der Waals surface area contributed by atoms with Crippen LogP contribution >= 0.6 is 0 Å². The first-order chi connectivity index (χ1) is 13.6. The second kappa shape index (κ2) is 7.15. The van der Waals surface area contributed by atoms with Crippen LogP contribution in [-0.2, 0) is 0 Å². The molecule has 0 radical (unpaired) electrons. The molecule has 0 aliphatic rings. The zero-order chi connectivity index (χ0) is 19.7. The van der Waals surface area contributed by atoms with E-state index in [2.05, 4.69) is 5.32 Å². The minimum atomic E-state index is -0.343. The first kappa shape index (κ1) is 17.7. The SMILES string of the molecule is COc1ccc(OC)c(C(=O)Nc2cc3oc4ccccc4c3cc2OC)c1. The summed E-state index contributed by atoms with van der Waals surface area (Å²) in [6.07, 6.45) is 0. The highest BCUT2D eigenvalue weighted by Crippen LogP contribution is 2.37. The second-order valence-corrected chi connectivity index (χ2v) is 6.17. The molecule has 1 N–H and O–H groups in total. The van der Waals surface area contributed by atoms with Crippen molar-refractivity contribution in [2.75, 3.05) is 26.6 Å². The van der Waals surface area contributed by atoms with Crippen molar-refractivity contribution < 1.29 is 23.4 Å². The van der Waals surface area contributed by atoms with Gasteiger partial charge < -0.3 is 23.9 Å². The first-order valence-corrected chi connectivity index (χ1v) is 8.67. The number of hydrogen-bond donors (Lipinski definition) is 1. The van der Waals surface area contributed by atoms with E-state index >= 15 is 0 Å². The Bertz CT molecular complexity index is 1180. The highest BCUT2D eigenvalue weighted by molar-refractivity contribution is 6.10. The van der Waals surface area contributed by atoms with Gasteiger partial charge in [0.25, 0.3) is 5.91 Å². The second-order valence-electron chi connectivity index (χ2n) is 6.17. The molecule has 0 aliphatic carbocycles. The van der Waals surface area contributed by atoms with Crippen molar-refractivity contribution in [2.45, 2.75) is 0 Å². The lowest BCUT2D eigenvalue weighted by atomic mass is 10.1. The number of ether oxygens (including phenoxy) is 3. The zero-order valence-corrected chi connectivity index (χ0v) is 15.7. The summed E-state index contributed by atoms with van der Waals surface area (Å²) >= 11 is 0. The van der Waals surface area contributed by atoms with Crippen LogP contribution in [0.25, 0.3) is 21.9 Å². The molecule has 6 heteroatoms. The van der Waals surface area contributed by atoms with Crippen molar-refractivity contribution in [3.8, 4) is 17.2 Å². The summed E-state index contributed by atoms with van der Waals surface area (Å²) in [5, 5.41) is 4.79. The van der Waals surface area contributed by atoms with Gasteiger partial charge in [0.05, 0.1) is 32.6 Å². The summed E-state index contributed by atoms with van der Waals surface area (Å²) in [6.45, 7) is 0. The maximum Gasteiger partial charge on any atom is 0.259 e. The number of anilines is 1. The fourth-order valence-electron chi connectivity index (χ4n) is 3.20. The van der Waals surface area contributed by atoms with Crippen LogP contribution in [0, 0.1) is 0 Å². The van der Waals surface area contributed by atoms with Crippen molar-refractivity contribution in [3.05, 3.63) is 60.2 Å². The van der Waals surface area contributed by atoms with Gasteiger partial charge in [-0.2, -0.15) is 0 Å². The van der Waals surface area contributed by atoms with Gasteiger partial charge in [-0.15, -0.1) is 0 Å². The largest absolute Gasteiger partial charge is 0.497 e. The van der Waals surface area contributed by atoms with Gasteiger partial charge >= 0.3 is 0 Å². The molecule has 4 aromatic rings. The number of rotatable bonds is 5. The molecular formula is C22H19NO5. The maximum atomic E-state index is 12.9. The fourth-order valence-corrected chi connectivity index (χ4v) is 3.20. The Kier molecular flexibility index (Phi) is 4.53. The number of hydrogen-bond acceptors (Lipinski definition) is 5. The zero-order valence-electron chi connectivity index (χ0n) is 15.7. The number of carbonyl (C=O) groups excluding carboxylic acids is 1. The Morgan fingerprint density at radius 2 is 1.61 bits per heavy atom. The predicted molar refractivity (Wildman–Crippen MR) is 108 cm³/mol. The first-order valence-electron chi connectivity index (χ1n) is 8.67. The van der Waals surface area contributed by atoms with Gasteiger partial charge in [-0.25, -0.2) is 0 Å². The smallest absolute Gasteiger partial charge is 0.259 e. The molecule has 0 fully saturated rings. The summed E-state index contributed by atoms with van der Waals surface area (Å²) in [7, 11) is 4.62. The quantitative estimate of drug-likeness (QED) is 0.538. The van der Waals surface area contributed by atoms with Crippen molar-refractivity contribution in [3.63, 3.8) is 0 Å². The normalized spacial score (nSPS) is 10.8. The Morgan fingerprint density at radius 3 is 2.36 bits per heavy atom. The summed E-state index contributed by atoms with van der Waals surface area (Å²) in [4.78, 5) is 12.9. The number of methoxy groups -OCH3 is 3. The molecule has 4 rings (SSSR count). The summed E-state index contributed by atoms with van der Waals surface area (Å²) in [6, 6.07) is 16.4. The number of amides is 1. The van der Waals surface area contributed by atoms with Crippen LogP contribution in [-0.4, -0.2) is 27.2 Å². The molecule has 28 heavy (non-hydrogen) atoms. The molecule has 0 bridgehead atoms. The van der Waals surface area contributed by atoms with E-state index in [1.807, 2.05) is 30.3 Å². The van der Waals surface area contributed by atoms with Gasteiger partial charge in [-0.3, -0.25) is 4.79 Å². The number of nitrogens with one attached hydrogen (secondary N) is 1. The molecule has 0 unspecified atom stereocenters. The highest BCUT2D eigenvalue weighted by atomic mass is 16.5. The third-order valence-electron chi connectivity index (χ3n) is 4.60. The van der Waals surface area contributed by atoms with E-state index in [9.17, 15) is 4.79 Å². The van der Waals surface area contributed by atoms with E-state index in [-0.39, 0.29) is 5.91 Å². The number of carbonyl (C=O) groups is 1. The van der Waals surface area contributed by atoms with E-state index in [0.29, 0.717) is 34.1 Å². The van der Waals surface area contributed by atoms with Crippen LogP contribution in [0.1, 0.15) is 10.4 Å². The minimum Gasteiger partial charge on any atom is -0.497 e. The summed E-state index contributed by atoms with van der Waals surface area (Å²) in [5.41, 5.74) is 2.30. The molecule has 0 aliphatic heterocycles. The Morgan fingerprint density at radius 1 is 0.821 bits per heavy atom. The van der Waals surface area contributed by atoms with E-state index in [1.54, 1.807) is 38.5 Å². The molecule has 0 saturated carbocycles. The highest BCUT2D eigenvalue weighted by Gasteiger charge is 2.18. The fraction of sp³-hybridized carbons (Fsp3) is 0.136. The monoisotopic (exact) mass is 377 g/mol. The maximum absolute atomic E-state index is 12.9. The molecule has 1 aromatic heterocycles. The van der Waals surface area contributed by atoms with E-state index in [1.165, 1.54) is 7.11 Å². The van der Waals surface area contributed by atoms with Gasteiger partial charge in [0.1, 0.15) is 28.4 Å². The topological polar surface area (TPSA) is 69.9 Å². The predicted octanol–water partition coefficient (Wildman–Crippen LogP) is 4.86. The van der Waals surface area contributed by atoms with Crippen LogP contribution in [0.3, 0.4) is 0 Å². The molecule has 0 spiro atoms. The average molecular weight is 377 g/mol. The third-order valence-corrected chi connectivity index (χ3v) is 4.60. The molecule has 0 atom stereocenters. The third kappa shape index (κ3) is 2.99. The Labute approximate surface area is 161 Å². The standard InChI is InChI=1S/C22H19NO5/c1-25-13-8-9-18(26-2)16(10-13)22(24)23-17-12-20-15(11-21(17)27-3)14-6-4-5-7-19(14)28-20/h4-12H,1-3H3,(H,23,24). The molecule has 0 saturated heterocycles. The Balaban J connectivity index is 1.77. The van der Waals surface area contributed by atoms with E-state index < -0.39 is 0 Å². The van der Waals surface area contributed by atoms with Gasteiger partial charge in [0, 0.05) is 16.8 Å². The molecular weight excluding hydrogens is 358 g/mol. The summed E-state index contributed by atoms with van der Waals surface area (Å²) < 4.78 is 21.9. The van der Waals surface area contributed by atoms with Crippen LogP contribution in [0.2, 0.25) is 0 Å². The average Bonchev–Trinajstić information content (AvgIpc) is 3.09. The molecule has 3 aromatic carbocycles. The van der Waals surface area contributed by atoms with E-state index in [4.69, 9.17) is 18.6 Å². The van der Waals surface area contributed by atoms with E-state index in [0.717, 1.165) is 16.4 Å². The van der Waals surface area contributed by atoms with Crippen LogP contribution in [0.4, 0.5) is 5.69 Å². The minimum absolute atomic E-state index is 0.343. The molecule has 1 amide bonds. The van der Waals surface area contributed by atoms with Crippen LogP contribution in [0.15, 0.2) is 59.0 Å². The van der Waals surface area contributed by atoms with Gasteiger partial charge in [0.2, 0.25) is 0 Å². The van der Waals surface area contributed by atoms with Gasteiger partial charge in [0.15, 0.2) is 0 Å². The summed E-state index contributed by atoms with van der Waals surface area (Å²) in [5.74, 6) is 1.20. The van der Waals surface area contributed by atoms with Crippen molar-refractivity contribution in [1.29, 1.82) is 0 Å². The lowest BCUT2D eigenvalue weighted by Gasteiger charge is -2.13. The van der Waals surface area contributed by atoms with Gasteiger partial charge in [-0.05, 0) is 30.3 Å². The molecule has 6 nitrogen and oxygen atoms in total. The number of benzene rings is 3. The van der Waals surface area contributed by atoms with Crippen molar-refractivity contribution in [1.82, 2.24) is 0 Å². The van der Waals surface area contributed by atoms with Gasteiger partial charge in [-0.1, -0.05) is 18.2 Å². The Hall–Kier alpha value is -3.67. The number of furan rings is 1. The van der Waals surface area contributed by atoms with Crippen molar-refractivity contribution in [2.24, 2.45) is 0 Å². The number of fused-ring (bicyclic) bond motifs is 3. The lowest BCUT2D eigenvalue weighted by molar-refractivity contribution is 0.102. The van der Waals surface area contributed by atoms with Crippen LogP contribution in [0.5, 0.6) is 17.2 Å². The molecule has 142 valence electrons.